The van der Waals surface area contributed by atoms with Crippen LogP contribution in [0.5, 0.6) is 0 Å². The van der Waals surface area contributed by atoms with Gasteiger partial charge in [-0.3, -0.25) is 4.79 Å². The number of thiophene rings is 1. The van der Waals surface area contributed by atoms with E-state index < -0.39 is 0 Å². The normalized spacial score (nSPS) is 15.0. The van der Waals surface area contributed by atoms with E-state index in [1.807, 2.05) is 4.90 Å². The van der Waals surface area contributed by atoms with Crippen LogP contribution < -0.4 is 9.80 Å². The van der Waals surface area contributed by atoms with Crippen LogP contribution in [0.3, 0.4) is 0 Å². The van der Waals surface area contributed by atoms with Crippen molar-refractivity contribution >= 4 is 39.7 Å². The Hall–Kier alpha value is -1.97. The van der Waals surface area contributed by atoms with E-state index in [1.54, 1.807) is 16.2 Å². The molecule has 1 aliphatic rings. The average molecular weight is 394 g/mol. The molecule has 8 nitrogen and oxygen atoms in total. The minimum absolute atomic E-state index is 0.0139. The molecule has 27 heavy (non-hydrogen) atoms. The number of rotatable bonds is 8. The third-order valence-electron chi connectivity index (χ3n) is 4.84. The van der Waals surface area contributed by atoms with Crippen molar-refractivity contribution < 1.29 is 15.0 Å². The molecule has 3 heterocycles. The van der Waals surface area contributed by atoms with E-state index in [9.17, 15) is 15.0 Å². The molecule has 0 radical (unpaired) electrons. The average Bonchev–Trinajstić information content (AvgIpc) is 3.11. The van der Waals surface area contributed by atoms with Gasteiger partial charge in [-0.15, -0.1) is 11.3 Å². The highest BCUT2D eigenvalue weighted by atomic mass is 32.1. The number of aromatic nitrogens is 2. The Bertz CT molecular complexity index is 768. The molecule has 2 N–H and O–H groups in total. The minimum Gasteiger partial charge on any atom is -0.395 e. The molecule has 0 aromatic carbocycles. The SMILES string of the molecule is CC(C)c1csc2nc(N3CCN(C=O)CC3)nc(N(CCO)CCO)c12. The van der Waals surface area contributed by atoms with Gasteiger partial charge in [-0.1, -0.05) is 13.8 Å². The Morgan fingerprint density at radius 2 is 1.85 bits per heavy atom. The molecule has 1 saturated heterocycles. The fourth-order valence-electron chi connectivity index (χ4n) is 3.32. The van der Waals surface area contributed by atoms with Crippen LogP contribution in [0.25, 0.3) is 10.2 Å². The highest BCUT2D eigenvalue weighted by molar-refractivity contribution is 7.17. The lowest BCUT2D eigenvalue weighted by molar-refractivity contribution is -0.118. The number of carbonyl (C=O) groups excluding carboxylic acids is 1. The zero-order valence-corrected chi connectivity index (χ0v) is 16.7. The van der Waals surface area contributed by atoms with Gasteiger partial charge in [0.25, 0.3) is 0 Å². The molecule has 3 rings (SSSR count). The lowest BCUT2D eigenvalue weighted by Gasteiger charge is -2.33. The fourth-order valence-corrected chi connectivity index (χ4v) is 4.41. The molecule has 9 heteroatoms. The van der Waals surface area contributed by atoms with Gasteiger partial charge in [0.1, 0.15) is 10.6 Å². The van der Waals surface area contributed by atoms with Crippen LogP contribution in [0.4, 0.5) is 11.8 Å². The third kappa shape index (κ3) is 4.15. The Morgan fingerprint density at radius 3 is 2.41 bits per heavy atom. The van der Waals surface area contributed by atoms with Crippen LogP contribution in [0.15, 0.2) is 5.38 Å². The third-order valence-corrected chi connectivity index (χ3v) is 5.73. The van der Waals surface area contributed by atoms with Gasteiger partial charge in [0.15, 0.2) is 0 Å². The number of nitrogens with zero attached hydrogens (tertiary/aromatic N) is 5. The summed E-state index contributed by atoms with van der Waals surface area (Å²) in [6.07, 6.45) is 0.880. The minimum atomic E-state index is -0.0139. The van der Waals surface area contributed by atoms with Crippen molar-refractivity contribution in [3.63, 3.8) is 0 Å². The number of aliphatic hydroxyl groups is 2. The number of anilines is 2. The maximum atomic E-state index is 11.0. The molecule has 0 unspecified atom stereocenters. The van der Waals surface area contributed by atoms with Gasteiger partial charge in [0.2, 0.25) is 12.4 Å². The van der Waals surface area contributed by atoms with Gasteiger partial charge in [0, 0.05) is 39.3 Å². The maximum absolute atomic E-state index is 11.0. The smallest absolute Gasteiger partial charge is 0.228 e. The van der Waals surface area contributed by atoms with Gasteiger partial charge in [-0.05, 0) is 16.9 Å². The number of amides is 1. The van der Waals surface area contributed by atoms with Crippen molar-refractivity contribution in [2.45, 2.75) is 19.8 Å². The molecule has 0 spiro atoms. The predicted octanol–water partition coefficient (Wildman–Crippen LogP) is 0.884. The van der Waals surface area contributed by atoms with Crippen molar-refractivity contribution in [3.8, 4) is 0 Å². The number of fused-ring (bicyclic) bond motifs is 1. The second-order valence-electron chi connectivity index (χ2n) is 6.94. The summed E-state index contributed by atoms with van der Waals surface area (Å²) in [4.78, 5) is 27.3. The van der Waals surface area contributed by atoms with Gasteiger partial charge in [-0.25, -0.2) is 4.98 Å². The first kappa shape index (κ1) is 19.8. The Labute approximate surface area is 163 Å². The molecule has 148 valence electrons. The first-order chi connectivity index (χ1) is 13.1. The molecule has 1 fully saturated rings. The van der Waals surface area contributed by atoms with Crippen molar-refractivity contribution in [3.05, 3.63) is 10.9 Å². The van der Waals surface area contributed by atoms with Crippen LogP contribution in [-0.4, -0.2) is 84.0 Å². The van der Waals surface area contributed by atoms with Gasteiger partial charge >= 0.3 is 0 Å². The molecule has 2 aromatic rings. The van der Waals surface area contributed by atoms with Crippen LogP contribution in [-0.2, 0) is 4.79 Å². The molecule has 0 atom stereocenters. The van der Waals surface area contributed by atoms with E-state index in [2.05, 4.69) is 24.1 Å². The summed E-state index contributed by atoms with van der Waals surface area (Å²) >= 11 is 1.60. The van der Waals surface area contributed by atoms with Crippen LogP contribution in [0.2, 0.25) is 0 Å². The van der Waals surface area contributed by atoms with E-state index >= 15 is 0 Å². The van der Waals surface area contributed by atoms with Crippen molar-refractivity contribution in [1.29, 1.82) is 0 Å². The van der Waals surface area contributed by atoms with E-state index in [0.717, 1.165) is 22.4 Å². The lowest BCUT2D eigenvalue weighted by atomic mass is 10.0. The van der Waals surface area contributed by atoms with Crippen LogP contribution in [0.1, 0.15) is 25.3 Å². The van der Waals surface area contributed by atoms with E-state index in [-0.39, 0.29) is 13.2 Å². The molecule has 0 bridgehead atoms. The maximum Gasteiger partial charge on any atom is 0.228 e. The number of hydrogen-bond acceptors (Lipinski definition) is 8. The van der Waals surface area contributed by atoms with Crippen molar-refractivity contribution in [1.82, 2.24) is 14.9 Å². The number of hydrogen-bond donors (Lipinski definition) is 2. The number of aliphatic hydroxyl groups excluding tert-OH is 2. The quantitative estimate of drug-likeness (QED) is 0.643. The predicted molar refractivity (Wildman–Crippen MR) is 108 cm³/mol. The summed E-state index contributed by atoms with van der Waals surface area (Å²) in [7, 11) is 0. The molecule has 0 aliphatic carbocycles. The van der Waals surface area contributed by atoms with Crippen molar-refractivity contribution in [2.75, 3.05) is 62.3 Å². The summed E-state index contributed by atoms with van der Waals surface area (Å²) < 4.78 is 0. The monoisotopic (exact) mass is 393 g/mol. The summed E-state index contributed by atoms with van der Waals surface area (Å²) in [5.41, 5.74) is 1.18. The molecule has 1 amide bonds. The summed E-state index contributed by atoms with van der Waals surface area (Å²) in [5.74, 6) is 1.73. The Morgan fingerprint density at radius 1 is 1.19 bits per heavy atom. The first-order valence-corrected chi connectivity index (χ1v) is 10.2. The van der Waals surface area contributed by atoms with E-state index in [0.29, 0.717) is 51.1 Å². The highest BCUT2D eigenvalue weighted by Crippen LogP contribution is 2.37. The largest absolute Gasteiger partial charge is 0.395 e. The summed E-state index contributed by atoms with van der Waals surface area (Å²) in [6.45, 7) is 7.73. The Kier molecular flexibility index (Phi) is 6.46. The molecule has 2 aromatic heterocycles. The summed E-state index contributed by atoms with van der Waals surface area (Å²) in [5, 5.41) is 22.1. The lowest BCUT2D eigenvalue weighted by Crippen LogP contribution is -2.46. The Balaban J connectivity index is 2.05. The van der Waals surface area contributed by atoms with Crippen LogP contribution in [0, 0.1) is 0 Å². The molecule has 0 saturated carbocycles. The number of piperazine rings is 1. The number of carbonyl (C=O) groups is 1. The second kappa shape index (κ2) is 8.81. The second-order valence-corrected chi connectivity index (χ2v) is 7.79. The van der Waals surface area contributed by atoms with E-state index in [1.165, 1.54) is 5.56 Å². The highest BCUT2D eigenvalue weighted by Gasteiger charge is 2.24. The van der Waals surface area contributed by atoms with Gasteiger partial charge in [-0.2, -0.15) is 4.98 Å². The molecule has 1 aliphatic heterocycles. The topological polar surface area (TPSA) is 93.0 Å². The fraction of sp³-hybridized carbons (Fsp3) is 0.611. The standard InChI is InChI=1S/C18H27N5O3S/c1-13(2)14-11-27-17-15(14)16(22(7-9-24)8-10-25)19-18(20-17)23-5-3-21(12-26)4-6-23/h11-13,24-25H,3-10H2,1-2H3. The molecular formula is C18H27N5O3S. The van der Waals surface area contributed by atoms with Gasteiger partial charge in [0.05, 0.1) is 18.6 Å². The van der Waals surface area contributed by atoms with Crippen molar-refractivity contribution in [2.24, 2.45) is 0 Å². The first-order valence-electron chi connectivity index (χ1n) is 9.29. The van der Waals surface area contributed by atoms with Gasteiger partial charge < -0.3 is 24.9 Å². The zero-order valence-electron chi connectivity index (χ0n) is 15.8. The molecular weight excluding hydrogens is 366 g/mol. The van der Waals surface area contributed by atoms with Crippen LogP contribution >= 0.6 is 11.3 Å². The van der Waals surface area contributed by atoms with E-state index in [4.69, 9.17) is 9.97 Å². The summed E-state index contributed by atoms with van der Waals surface area (Å²) in [6, 6.07) is 0. The zero-order chi connectivity index (χ0) is 19.4.